The maximum atomic E-state index is 12.4. The highest BCUT2D eigenvalue weighted by molar-refractivity contribution is 7.19. The normalized spacial score (nSPS) is 16.8. The molecule has 2 aromatic rings. The summed E-state index contributed by atoms with van der Waals surface area (Å²) in [6.45, 7) is 3.14. The van der Waals surface area contributed by atoms with Crippen LogP contribution < -0.4 is 0 Å². The third kappa shape index (κ3) is 4.66. The number of para-hydroxylation sites is 1. The molecular formula is C19H22N2O3S. The lowest BCUT2D eigenvalue weighted by molar-refractivity contribution is -0.155. The summed E-state index contributed by atoms with van der Waals surface area (Å²) in [6, 6.07) is 7.81. The number of hydrogen-bond acceptors (Lipinski definition) is 5. The number of rotatable bonds is 4. The molecule has 1 fully saturated rings. The first-order valence-corrected chi connectivity index (χ1v) is 9.48. The van der Waals surface area contributed by atoms with E-state index in [2.05, 4.69) is 4.98 Å². The van der Waals surface area contributed by atoms with Gasteiger partial charge in [-0.25, -0.2) is 9.78 Å². The average molecular weight is 358 g/mol. The Morgan fingerprint density at radius 3 is 2.64 bits per heavy atom. The predicted octanol–water partition coefficient (Wildman–Crippen LogP) is 3.64. The van der Waals surface area contributed by atoms with Crippen molar-refractivity contribution in [3.63, 3.8) is 0 Å². The predicted molar refractivity (Wildman–Crippen MR) is 99.3 cm³/mol. The summed E-state index contributed by atoms with van der Waals surface area (Å²) in [4.78, 5) is 30.6. The number of benzene rings is 1. The van der Waals surface area contributed by atoms with Crippen LogP contribution >= 0.6 is 11.3 Å². The topological polar surface area (TPSA) is 59.5 Å². The van der Waals surface area contributed by atoms with Gasteiger partial charge in [-0.1, -0.05) is 25.0 Å². The van der Waals surface area contributed by atoms with E-state index in [4.69, 9.17) is 4.74 Å². The molecule has 1 saturated heterocycles. The summed E-state index contributed by atoms with van der Waals surface area (Å²) in [6.07, 6.45) is 6.56. The Labute approximate surface area is 151 Å². The highest BCUT2D eigenvalue weighted by atomic mass is 32.1. The Balaban J connectivity index is 1.56. The molecule has 5 nitrogen and oxygen atoms in total. The van der Waals surface area contributed by atoms with Crippen LogP contribution in [-0.4, -0.2) is 41.0 Å². The monoisotopic (exact) mass is 358 g/mol. The number of carbonyl (C=O) groups is 2. The van der Waals surface area contributed by atoms with Crippen molar-refractivity contribution in [2.24, 2.45) is 0 Å². The van der Waals surface area contributed by atoms with Gasteiger partial charge in [0.25, 0.3) is 5.91 Å². The Morgan fingerprint density at radius 1 is 1.20 bits per heavy atom. The average Bonchev–Trinajstić information content (AvgIpc) is 2.83. The molecule has 3 rings (SSSR count). The molecule has 1 amide bonds. The number of ether oxygens (including phenoxy) is 1. The van der Waals surface area contributed by atoms with Gasteiger partial charge < -0.3 is 9.64 Å². The lowest BCUT2D eigenvalue weighted by Crippen LogP contribution is -2.40. The van der Waals surface area contributed by atoms with E-state index in [0.29, 0.717) is 0 Å². The second kappa shape index (κ2) is 8.25. The van der Waals surface area contributed by atoms with Crippen molar-refractivity contribution in [1.29, 1.82) is 0 Å². The minimum Gasteiger partial charge on any atom is -0.449 e. The first kappa shape index (κ1) is 17.6. The molecule has 1 atom stereocenters. The third-order valence-electron chi connectivity index (χ3n) is 4.23. The molecular weight excluding hydrogens is 336 g/mol. The zero-order chi connectivity index (χ0) is 17.6. The number of thiazole rings is 1. The van der Waals surface area contributed by atoms with Gasteiger partial charge in [0.2, 0.25) is 0 Å². The fourth-order valence-corrected chi connectivity index (χ4v) is 3.78. The molecule has 0 spiro atoms. The SMILES string of the molecule is C[C@H](OC(=O)/C=C/c1nc2ccccc2s1)C(=O)N1CCCCCC1. The zero-order valence-electron chi connectivity index (χ0n) is 14.3. The van der Waals surface area contributed by atoms with Gasteiger partial charge in [-0.05, 0) is 38.0 Å². The van der Waals surface area contributed by atoms with E-state index in [1.165, 1.54) is 17.4 Å². The number of fused-ring (bicyclic) bond motifs is 1. The molecule has 0 bridgehead atoms. The van der Waals surface area contributed by atoms with Gasteiger partial charge in [0.15, 0.2) is 6.10 Å². The smallest absolute Gasteiger partial charge is 0.331 e. The van der Waals surface area contributed by atoms with Crippen LogP contribution in [0.2, 0.25) is 0 Å². The van der Waals surface area contributed by atoms with Gasteiger partial charge >= 0.3 is 5.97 Å². The summed E-state index contributed by atoms with van der Waals surface area (Å²) in [5.41, 5.74) is 0.908. The molecule has 0 radical (unpaired) electrons. The van der Waals surface area contributed by atoms with E-state index >= 15 is 0 Å². The second-order valence-corrected chi connectivity index (χ2v) is 7.23. The lowest BCUT2D eigenvalue weighted by Gasteiger charge is -2.23. The molecule has 132 valence electrons. The van der Waals surface area contributed by atoms with E-state index in [1.54, 1.807) is 13.0 Å². The molecule has 2 heterocycles. The van der Waals surface area contributed by atoms with E-state index < -0.39 is 12.1 Å². The van der Waals surface area contributed by atoms with E-state index in [0.717, 1.165) is 54.0 Å². The van der Waals surface area contributed by atoms with Crippen molar-refractivity contribution >= 4 is 39.5 Å². The van der Waals surface area contributed by atoms with Gasteiger partial charge in [0.05, 0.1) is 10.2 Å². The van der Waals surface area contributed by atoms with Crippen molar-refractivity contribution in [2.75, 3.05) is 13.1 Å². The fraction of sp³-hybridized carbons (Fsp3) is 0.421. The van der Waals surface area contributed by atoms with Crippen LogP contribution in [0.5, 0.6) is 0 Å². The Bertz CT molecular complexity index is 743. The van der Waals surface area contributed by atoms with Crippen LogP contribution in [0.4, 0.5) is 0 Å². The molecule has 25 heavy (non-hydrogen) atoms. The maximum absolute atomic E-state index is 12.4. The molecule has 1 aliphatic heterocycles. The molecule has 0 unspecified atom stereocenters. The third-order valence-corrected chi connectivity index (χ3v) is 5.23. The summed E-state index contributed by atoms with van der Waals surface area (Å²) in [5.74, 6) is -0.626. The highest BCUT2D eigenvalue weighted by Crippen LogP contribution is 2.22. The van der Waals surface area contributed by atoms with E-state index in [1.807, 2.05) is 29.2 Å². The van der Waals surface area contributed by atoms with Crippen LogP contribution in [0.3, 0.4) is 0 Å². The van der Waals surface area contributed by atoms with Crippen LogP contribution in [0, 0.1) is 0 Å². The van der Waals surface area contributed by atoms with Crippen molar-refractivity contribution < 1.29 is 14.3 Å². The largest absolute Gasteiger partial charge is 0.449 e. The summed E-state index contributed by atoms with van der Waals surface area (Å²) in [7, 11) is 0. The summed E-state index contributed by atoms with van der Waals surface area (Å²) >= 11 is 1.51. The van der Waals surface area contributed by atoms with Gasteiger partial charge in [-0.15, -0.1) is 11.3 Å². The molecule has 1 aromatic carbocycles. The molecule has 0 saturated carbocycles. The minimum absolute atomic E-state index is 0.108. The summed E-state index contributed by atoms with van der Waals surface area (Å²) < 4.78 is 6.33. The number of nitrogens with zero attached hydrogens (tertiary/aromatic N) is 2. The van der Waals surface area contributed by atoms with Crippen molar-refractivity contribution in [1.82, 2.24) is 9.88 Å². The zero-order valence-corrected chi connectivity index (χ0v) is 15.1. The number of hydrogen-bond donors (Lipinski definition) is 0. The quantitative estimate of drug-likeness (QED) is 0.618. The Hall–Kier alpha value is -2.21. The first-order chi connectivity index (χ1) is 12.1. The van der Waals surface area contributed by atoms with Crippen LogP contribution in [0.15, 0.2) is 30.3 Å². The van der Waals surface area contributed by atoms with E-state index in [9.17, 15) is 9.59 Å². The molecule has 0 aliphatic carbocycles. The van der Waals surface area contributed by atoms with E-state index in [-0.39, 0.29) is 5.91 Å². The van der Waals surface area contributed by atoms with Crippen molar-refractivity contribution in [2.45, 2.75) is 38.7 Å². The number of amides is 1. The molecule has 0 N–H and O–H groups in total. The lowest BCUT2D eigenvalue weighted by atomic mass is 10.2. The van der Waals surface area contributed by atoms with Gasteiger partial charge in [0.1, 0.15) is 5.01 Å². The van der Waals surface area contributed by atoms with Gasteiger partial charge in [0, 0.05) is 19.2 Å². The minimum atomic E-state index is -0.759. The molecule has 1 aliphatic rings. The van der Waals surface area contributed by atoms with Gasteiger partial charge in [-0.2, -0.15) is 0 Å². The van der Waals surface area contributed by atoms with Gasteiger partial charge in [-0.3, -0.25) is 4.79 Å². The second-order valence-electron chi connectivity index (χ2n) is 6.17. The Kier molecular flexibility index (Phi) is 5.81. The van der Waals surface area contributed by atoms with Crippen LogP contribution in [0.25, 0.3) is 16.3 Å². The van der Waals surface area contributed by atoms with Crippen molar-refractivity contribution in [3.8, 4) is 0 Å². The number of likely N-dealkylation sites (tertiary alicyclic amines) is 1. The fourth-order valence-electron chi connectivity index (χ4n) is 2.91. The Morgan fingerprint density at radius 2 is 1.92 bits per heavy atom. The van der Waals surface area contributed by atoms with Crippen LogP contribution in [0.1, 0.15) is 37.6 Å². The maximum Gasteiger partial charge on any atom is 0.331 e. The van der Waals surface area contributed by atoms with Crippen molar-refractivity contribution in [3.05, 3.63) is 35.3 Å². The van der Waals surface area contributed by atoms with Crippen LogP contribution in [-0.2, 0) is 14.3 Å². The molecule has 6 heteroatoms. The standard InChI is InChI=1S/C19H22N2O3S/c1-14(19(23)21-12-6-2-3-7-13-21)24-18(22)11-10-17-20-15-8-4-5-9-16(15)25-17/h4-5,8-11,14H,2-3,6-7,12-13H2,1H3/b11-10+/t14-/m0/s1. The summed E-state index contributed by atoms with van der Waals surface area (Å²) in [5, 5.41) is 0.740. The highest BCUT2D eigenvalue weighted by Gasteiger charge is 2.23. The number of aromatic nitrogens is 1. The number of esters is 1. The number of carbonyl (C=O) groups excluding carboxylic acids is 2. The first-order valence-electron chi connectivity index (χ1n) is 8.66. The molecule has 1 aromatic heterocycles.